The Labute approximate surface area is 102 Å². The van der Waals surface area contributed by atoms with Crippen LogP contribution in [0.4, 0.5) is 4.79 Å². The van der Waals surface area contributed by atoms with E-state index in [4.69, 9.17) is 5.11 Å². The minimum Gasteiger partial charge on any atom is -0.480 e. The fourth-order valence-electron chi connectivity index (χ4n) is 2.25. The molecule has 1 rings (SSSR count). The van der Waals surface area contributed by atoms with Gasteiger partial charge in [0, 0.05) is 12.6 Å². The lowest BCUT2D eigenvalue weighted by Crippen LogP contribution is -2.50. The number of likely N-dealkylation sites (tertiary alicyclic amines) is 1. The van der Waals surface area contributed by atoms with Crippen molar-refractivity contribution in [2.75, 3.05) is 6.54 Å². The summed E-state index contributed by atoms with van der Waals surface area (Å²) in [6.45, 7) is 6.65. The van der Waals surface area contributed by atoms with Crippen LogP contribution >= 0.6 is 0 Å². The van der Waals surface area contributed by atoms with Crippen molar-refractivity contribution >= 4 is 12.0 Å². The van der Waals surface area contributed by atoms with Crippen LogP contribution in [0, 0.1) is 5.92 Å². The third-order valence-corrected chi connectivity index (χ3v) is 3.35. The molecular formula is C12H22N2O3. The SMILES string of the molecule is CCC(NC(=O)N1CCC[C@H]1C(=O)O)C(C)C. The molecule has 0 spiro atoms. The van der Waals surface area contributed by atoms with Crippen LogP contribution in [0.5, 0.6) is 0 Å². The Kier molecular flexibility index (Phi) is 4.78. The van der Waals surface area contributed by atoms with Crippen molar-refractivity contribution in [2.45, 2.75) is 52.1 Å². The van der Waals surface area contributed by atoms with E-state index >= 15 is 0 Å². The molecule has 2 amide bonds. The smallest absolute Gasteiger partial charge is 0.326 e. The van der Waals surface area contributed by atoms with Crippen LogP contribution in [-0.2, 0) is 4.79 Å². The van der Waals surface area contributed by atoms with Crippen molar-refractivity contribution in [3.8, 4) is 0 Å². The number of carbonyl (C=O) groups is 2. The number of urea groups is 1. The maximum atomic E-state index is 12.0. The van der Waals surface area contributed by atoms with Gasteiger partial charge in [0.25, 0.3) is 0 Å². The molecule has 1 heterocycles. The Morgan fingerprint density at radius 2 is 2.12 bits per heavy atom. The van der Waals surface area contributed by atoms with Crippen molar-refractivity contribution in [1.82, 2.24) is 10.2 Å². The van der Waals surface area contributed by atoms with E-state index in [1.54, 1.807) is 0 Å². The summed E-state index contributed by atoms with van der Waals surface area (Å²) >= 11 is 0. The molecular weight excluding hydrogens is 220 g/mol. The molecule has 0 bridgehead atoms. The van der Waals surface area contributed by atoms with Crippen molar-refractivity contribution in [3.63, 3.8) is 0 Å². The van der Waals surface area contributed by atoms with Gasteiger partial charge >= 0.3 is 12.0 Å². The lowest BCUT2D eigenvalue weighted by atomic mass is 10.0. The second-order valence-corrected chi connectivity index (χ2v) is 4.90. The molecule has 5 nitrogen and oxygen atoms in total. The molecule has 98 valence electrons. The monoisotopic (exact) mass is 242 g/mol. The normalized spacial score (nSPS) is 21.6. The zero-order valence-corrected chi connectivity index (χ0v) is 10.8. The lowest BCUT2D eigenvalue weighted by molar-refractivity contribution is -0.141. The van der Waals surface area contributed by atoms with Crippen LogP contribution in [-0.4, -0.2) is 40.6 Å². The third kappa shape index (κ3) is 3.35. The molecule has 1 aliphatic rings. The van der Waals surface area contributed by atoms with Gasteiger partial charge in [0.05, 0.1) is 0 Å². The molecule has 0 saturated carbocycles. The van der Waals surface area contributed by atoms with Gasteiger partial charge in [-0.3, -0.25) is 0 Å². The van der Waals surface area contributed by atoms with Gasteiger partial charge in [0.2, 0.25) is 0 Å². The Balaban J connectivity index is 2.60. The topological polar surface area (TPSA) is 69.6 Å². The molecule has 2 N–H and O–H groups in total. The maximum absolute atomic E-state index is 12.0. The molecule has 0 aliphatic carbocycles. The number of nitrogens with zero attached hydrogens (tertiary/aromatic N) is 1. The summed E-state index contributed by atoms with van der Waals surface area (Å²) in [5.41, 5.74) is 0. The number of carboxylic acid groups (broad SMARTS) is 1. The molecule has 5 heteroatoms. The highest BCUT2D eigenvalue weighted by Crippen LogP contribution is 2.18. The Hall–Kier alpha value is -1.26. The summed E-state index contributed by atoms with van der Waals surface area (Å²) in [5, 5.41) is 11.9. The fourth-order valence-corrected chi connectivity index (χ4v) is 2.25. The molecule has 0 aromatic carbocycles. The predicted octanol–water partition coefficient (Wildman–Crippen LogP) is 1.68. The van der Waals surface area contributed by atoms with Crippen LogP contribution in [0.3, 0.4) is 0 Å². The van der Waals surface area contributed by atoms with Crippen LogP contribution in [0.15, 0.2) is 0 Å². The zero-order valence-electron chi connectivity index (χ0n) is 10.8. The zero-order chi connectivity index (χ0) is 13.0. The first-order valence-corrected chi connectivity index (χ1v) is 6.27. The van der Waals surface area contributed by atoms with Crippen molar-refractivity contribution in [3.05, 3.63) is 0 Å². The number of carbonyl (C=O) groups excluding carboxylic acids is 1. The van der Waals surface area contributed by atoms with Gasteiger partial charge in [-0.05, 0) is 25.2 Å². The predicted molar refractivity (Wildman–Crippen MR) is 64.8 cm³/mol. The largest absolute Gasteiger partial charge is 0.480 e. The van der Waals surface area contributed by atoms with Crippen LogP contribution < -0.4 is 5.32 Å². The standard InChI is InChI=1S/C12H22N2O3/c1-4-9(8(2)3)13-12(17)14-7-5-6-10(14)11(15)16/h8-10H,4-7H2,1-3H3,(H,13,17)(H,15,16)/t9?,10-/m0/s1. The highest BCUT2D eigenvalue weighted by atomic mass is 16.4. The quantitative estimate of drug-likeness (QED) is 0.788. The van der Waals surface area contributed by atoms with Gasteiger partial charge < -0.3 is 15.3 Å². The van der Waals surface area contributed by atoms with Crippen LogP contribution in [0.1, 0.15) is 40.0 Å². The van der Waals surface area contributed by atoms with Crippen molar-refractivity contribution in [2.24, 2.45) is 5.92 Å². The molecule has 2 atom stereocenters. The Bertz CT molecular complexity index is 291. The molecule has 0 aromatic rings. The molecule has 0 aromatic heterocycles. The number of rotatable bonds is 4. The summed E-state index contributed by atoms with van der Waals surface area (Å²) < 4.78 is 0. The number of hydrogen-bond acceptors (Lipinski definition) is 2. The molecule has 1 fully saturated rings. The first kappa shape index (κ1) is 13.8. The highest BCUT2D eigenvalue weighted by Gasteiger charge is 2.34. The van der Waals surface area contributed by atoms with Crippen molar-refractivity contribution < 1.29 is 14.7 Å². The first-order valence-electron chi connectivity index (χ1n) is 6.27. The lowest BCUT2D eigenvalue weighted by Gasteiger charge is -2.27. The molecule has 1 saturated heterocycles. The highest BCUT2D eigenvalue weighted by molar-refractivity contribution is 5.83. The summed E-state index contributed by atoms with van der Waals surface area (Å²) in [6.07, 6.45) is 2.18. The van der Waals surface area contributed by atoms with E-state index in [0.29, 0.717) is 18.9 Å². The average Bonchev–Trinajstić information content (AvgIpc) is 2.73. The van der Waals surface area contributed by atoms with E-state index in [1.165, 1.54) is 4.90 Å². The number of aliphatic carboxylic acids is 1. The molecule has 1 aliphatic heterocycles. The summed E-state index contributed by atoms with van der Waals surface area (Å²) in [4.78, 5) is 24.4. The molecule has 0 radical (unpaired) electrons. The van der Waals surface area contributed by atoms with Crippen molar-refractivity contribution in [1.29, 1.82) is 0 Å². The van der Waals surface area contributed by atoms with E-state index in [9.17, 15) is 9.59 Å². The molecule has 1 unspecified atom stereocenters. The maximum Gasteiger partial charge on any atom is 0.326 e. The third-order valence-electron chi connectivity index (χ3n) is 3.35. The number of nitrogens with one attached hydrogen (secondary N) is 1. The minimum atomic E-state index is -0.907. The van der Waals surface area contributed by atoms with E-state index in [1.807, 2.05) is 20.8 Å². The van der Waals surface area contributed by atoms with E-state index in [-0.39, 0.29) is 12.1 Å². The van der Waals surface area contributed by atoms with Gasteiger partial charge in [-0.2, -0.15) is 0 Å². The summed E-state index contributed by atoms with van der Waals surface area (Å²) in [6, 6.07) is -0.785. The van der Waals surface area contributed by atoms with Crippen LogP contribution in [0.2, 0.25) is 0 Å². The average molecular weight is 242 g/mol. The van der Waals surface area contributed by atoms with Gasteiger partial charge in [0.1, 0.15) is 6.04 Å². The van der Waals surface area contributed by atoms with Gasteiger partial charge in [-0.1, -0.05) is 20.8 Å². The fraction of sp³-hybridized carbons (Fsp3) is 0.833. The minimum absolute atomic E-state index is 0.109. The van der Waals surface area contributed by atoms with Gasteiger partial charge in [0.15, 0.2) is 0 Å². The first-order chi connectivity index (χ1) is 7.97. The number of hydrogen-bond donors (Lipinski definition) is 2. The Morgan fingerprint density at radius 3 is 2.59 bits per heavy atom. The number of amides is 2. The number of carboxylic acids is 1. The van der Waals surface area contributed by atoms with Crippen LogP contribution in [0.25, 0.3) is 0 Å². The van der Waals surface area contributed by atoms with Gasteiger partial charge in [-0.15, -0.1) is 0 Å². The van der Waals surface area contributed by atoms with E-state index < -0.39 is 12.0 Å². The molecule has 17 heavy (non-hydrogen) atoms. The second-order valence-electron chi connectivity index (χ2n) is 4.90. The van der Waals surface area contributed by atoms with Gasteiger partial charge in [-0.25, -0.2) is 9.59 Å². The summed E-state index contributed by atoms with van der Waals surface area (Å²) in [7, 11) is 0. The summed E-state index contributed by atoms with van der Waals surface area (Å²) in [5.74, 6) is -0.551. The Morgan fingerprint density at radius 1 is 1.47 bits per heavy atom. The van der Waals surface area contributed by atoms with E-state index in [2.05, 4.69) is 5.32 Å². The second kappa shape index (κ2) is 5.89. The van der Waals surface area contributed by atoms with E-state index in [0.717, 1.165) is 12.8 Å².